The van der Waals surface area contributed by atoms with Gasteiger partial charge in [-0.15, -0.1) is 0 Å². The van der Waals surface area contributed by atoms with Gasteiger partial charge in [-0.05, 0) is 55.3 Å². The molecule has 24 heavy (non-hydrogen) atoms. The van der Waals surface area contributed by atoms with Gasteiger partial charge in [0.05, 0.1) is 0 Å². The molecule has 5 heteroatoms. The summed E-state index contributed by atoms with van der Waals surface area (Å²) in [4.78, 5) is 20.8. The van der Waals surface area contributed by atoms with Crippen LogP contribution in [-0.2, 0) is 0 Å². The Bertz CT molecular complexity index is 842. The number of para-hydroxylation sites is 1. The molecule has 3 rings (SSSR count). The quantitative estimate of drug-likeness (QED) is 0.760. The Morgan fingerprint density at radius 3 is 2.33 bits per heavy atom. The Morgan fingerprint density at radius 1 is 0.917 bits per heavy atom. The van der Waals surface area contributed by atoms with Crippen molar-refractivity contribution in [3.8, 4) is 0 Å². The highest BCUT2D eigenvalue weighted by molar-refractivity contribution is 6.03. The zero-order chi connectivity index (χ0) is 16.9. The average Bonchev–Trinajstić information content (AvgIpc) is 2.55. The third-order valence-corrected chi connectivity index (χ3v) is 3.40. The molecule has 0 atom stereocenters. The molecule has 1 heterocycles. The van der Waals surface area contributed by atoms with E-state index in [4.69, 9.17) is 0 Å². The predicted octanol–water partition coefficient (Wildman–Crippen LogP) is 4.09. The second kappa shape index (κ2) is 6.91. The molecule has 2 N–H and O–H groups in total. The third-order valence-electron chi connectivity index (χ3n) is 3.40. The normalized spacial score (nSPS) is 10.2. The first-order valence-electron chi connectivity index (χ1n) is 7.65. The van der Waals surface area contributed by atoms with E-state index in [1.807, 2.05) is 56.3 Å². The van der Waals surface area contributed by atoms with Gasteiger partial charge in [-0.3, -0.25) is 4.79 Å². The number of nitrogens with zero attached hydrogens (tertiary/aromatic N) is 2. The fraction of sp³-hybridized carbons (Fsp3) is 0.105. The van der Waals surface area contributed by atoms with E-state index in [2.05, 4.69) is 26.7 Å². The van der Waals surface area contributed by atoms with Crippen molar-refractivity contribution in [2.75, 3.05) is 10.6 Å². The van der Waals surface area contributed by atoms with Crippen LogP contribution >= 0.6 is 0 Å². The van der Waals surface area contributed by atoms with Crippen LogP contribution in [0.25, 0.3) is 0 Å². The van der Waals surface area contributed by atoms with Crippen LogP contribution in [0.15, 0.2) is 60.8 Å². The number of aryl methyl sites for hydroxylation is 2. The summed E-state index contributed by atoms with van der Waals surface area (Å²) in [6.07, 6.45) is 1.56. The molecule has 120 valence electrons. The van der Waals surface area contributed by atoms with Crippen molar-refractivity contribution in [1.29, 1.82) is 0 Å². The van der Waals surface area contributed by atoms with Crippen LogP contribution in [-0.4, -0.2) is 15.9 Å². The van der Waals surface area contributed by atoms with Crippen LogP contribution in [0.3, 0.4) is 0 Å². The lowest BCUT2D eigenvalue weighted by Crippen LogP contribution is -2.15. The molecule has 0 bridgehead atoms. The fourth-order valence-corrected chi connectivity index (χ4v) is 2.44. The van der Waals surface area contributed by atoms with E-state index < -0.39 is 0 Å². The molecule has 0 saturated carbocycles. The summed E-state index contributed by atoms with van der Waals surface area (Å²) >= 11 is 0. The third kappa shape index (κ3) is 3.95. The molecule has 0 saturated heterocycles. The molecule has 0 aliphatic heterocycles. The first kappa shape index (κ1) is 15.7. The van der Waals surface area contributed by atoms with Gasteiger partial charge in [0.1, 0.15) is 5.69 Å². The van der Waals surface area contributed by atoms with Gasteiger partial charge in [-0.1, -0.05) is 24.3 Å². The molecule has 0 aliphatic rings. The van der Waals surface area contributed by atoms with Crippen molar-refractivity contribution in [2.24, 2.45) is 0 Å². The summed E-state index contributed by atoms with van der Waals surface area (Å²) in [6.45, 7) is 3.99. The van der Waals surface area contributed by atoms with Crippen molar-refractivity contribution in [3.05, 3.63) is 77.6 Å². The van der Waals surface area contributed by atoms with Crippen LogP contribution in [0, 0.1) is 13.8 Å². The molecule has 0 aliphatic carbocycles. The van der Waals surface area contributed by atoms with Crippen LogP contribution in [0.1, 0.15) is 21.6 Å². The van der Waals surface area contributed by atoms with Crippen molar-refractivity contribution in [1.82, 2.24) is 9.97 Å². The van der Waals surface area contributed by atoms with Gasteiger partial charge < -0.3 is 10.6 Å². The first-order valence-corrected chi connectivity index (χ1v) is 7.65. The second-order valence-corrected chi connectivity index (χ2v) is 5.59. The summed E-state index contributed by atoms with van der Waals surface area (Å²) in [6, 6.07) is 17.1. The minimum atomic E-state index is -0.265. The SMILES string of the molecule is Cc1cc(C)cc(NC(=O)c2ccnc(Nc3ccccc3)n2)c1. The van der Waals surface area contributed by atoms with E-state index in [9.17, 15) is 4.79 Å². The molecule has 2 aromatic carbocycles. The number of benzene rings is 2. The summed E-state index contributed by atoms with van der Waals surface area (Å²) in [5, 5.41) is 5.95. The lowest BCUT2D eigenvalue weighted by molar-refractivity contribution is 0.102. The first-order chi connectivity index (χ1) is 11.6. The summed E-state index contributed by atoms with van der Waals surface area (Å²) in [5.74, 6) is 0.118. The average molecular weight is 318 g/mol. The highest BCUT2D eigenvalue weighted by atomic mass is 16.1. The van der Waals surface area contributed by atoms with Crippen LogP contribution in [0.4, 0.5) is 17.3 Å². The molecule has 0 unspecified atom stereocenters. The highest BCUT2D eigenvalue weighted by Crippen LogP contribution is 2.16. The summed E-state index contributed by atoms with van der Waals surface area (Å²) in [7, 11) is 0. The Kier molecular flexibility index (Phi) is 4.52. The van der Waals surface area contributed by atoms with Crippen LogP contribution in [0.2, 0.25) is 0 Å². The molecule has 1 amide bonds. The number of rotatable bonds is 4. The Morgan fingerprint density at radius 2 is 1.62 bits per heavy atom. The molecule has 0 radical (unpaired) electrons. The largest absolute Gasteiger partial charge is 0.324 e. The standard InChI is InChI=1S/C19H18N4O/c1-13-10-14(2)12-16(11-13)21-18(24)17-8-9-20-19(23-17)22-15-6-4-3-5-7-15/h3-12H,1-2H3,(H,21,24)(H,20,22,23). The molecule has 0 fully saturated rings. The van der Waals surface area contributed by atoms with E-state index in [1.54, 1.807) is 12.3 Å². The lowest BCUT2D eigenvalue weighted by Gasteiger charge is -2.08. The van der Waals surface area contributed by atoms with Gasteiger partial charge in [0.25, 0.3) is 5.91 Å². The zero-order valence-electron chi connectivity index (χ0n) is 13.6. The Balaban J connectivity index is 1.76. The maximum absolute atomic E-state index is 12.4. The van der Waals surface area contributed by atoms with Crippen LogP contribution in [0.5, 0.6) is 0 Å². The van der Waals surface area contributed by atoms with Gasteiger partial charge in [-0.2, -0.15) is 0 Å². The molecule has 1 aromatic heterocycles. The summed E-state index contributed by atoms with van der Waals surface area (Å²) in [5.41, 5.74) is 4.12. The van der Waals surface area contributed by atoms with Crippen molar-refractivity contribution < 1.29 is 4.79 Å². The van der Waals surface area contributed by atoms with Crippen molar-refractivity contribution in [2.45, 2.75) is 13.8 Å². The number of hydrogen-bond acceptors (Lipinski definition) is 4. The highest BCUT2D eigenvalue weighted by Gasteiger charge is 2.10. The Labute approximate surface area is 140 Å². The number of amides is 1. The van der Waals surface area contributed by atoms with E-state index >= 15 is 0 Å². The smallest absolute Gasteiger partial charge is 0.274 e. The number of carbonyl (C=O) groups excluding carboxylic acids is 1. The molecule has 3 aromatic rings. The summed E-state index contributed by atoms with van der Waals surface area (Å²) < 4.78 is 0. The molecule has 5 nitrogen and oxygen atoms in total. The minimum absolute atomic E-state index is 0.265. The van der Waals surface area contributed by atoms with E-state index in [0.717, 1.165) is 22.5 Å². The second-order valence-electron chi connectivity index (χ2n) is 5.59. The monoisotopic (exact) mass is 318 g/mol. The molecular formula is C19H18N4O. The minimum Gasteiger partial charge on any atom is -0.324 e. The van der Waals surface area contributed by atoms with Gasteiger partial charge >= 0.3 is 0 Å². The zero-order valence-corrected chi connectivity index (χ0v) is 13.6. The number of nitrogens with one attached hydrogen (secondary N) is 2. The molecule has 0 spiro atoms. The van der Waals surface area contributed by atoms with Gasteiger partial charge in [0, 0.05) is 17.6 Å². The van der Waals surface area contributed by atoms with Gasteiger partial charge in [0.15, 0.2) is 0 Å². The van der Waals surface area contributed by atoms with Gasteiger partial charge in [0.2, 0.25) is 5.95 Å². The van der Waals surface area contributed by atoms with Crippen molar-refractivity contribution in [3.63, 3.8) is 0 Å². The Hall–Kier alpha value is -3.21. The predicted molar refractivity (Wildman–Crippen MR) is 95.6 cm³/mol. The van der Waals surface area contributed by atoms with E-state index in [-0.39, 0.29) is 5.91 Å². The fourth-order valence-electron chi connectivity index (χ4n) is 2.44. The van der Waals surface area contributed by atoms with Crippen LogP contribution < -0.4 is 10.6 Å². The van der Waals surface area contributed by atoms with Crippen molar-refractivity contribution >= 4 is 23.2 Å². The topological polar surface area (TPSA) is 66.9 Å². The lowest BCUT2D eigenvalue weighted by atomic mass is 10.1. The maximum atomic E-state index is 12.4. The molecular weight excluding hydrogens is 300 g/mol. The number of hydrogen-bond donors (Lipinski definition) is 2. The van der Waals surface area contributed by atoms with E-state index in [0.29, 0.717) is 11.6 Å². The maximum Gasteiger partial charge on any atom is 0.274 e. The van der Waals surface area contributed by atoms with E-state index in [1.165, 1.54) is 0 Å². The number of anilines is 3. The van der Waals surface area contributed by atoms with Gasteiger partial charge in [-0.25, -0.2) is 9.97 Å². The number of carbonyl (C=O) groups is 1. The number of aromatic nitrogens is 2.